The number of hydrogen-bond acceptors (Lipinski definition) is 6. The average Bonchev–Trinajstić information content (AvgIpc) is 3.27. The number of carbonyl (C=O) groups is 2. The minimum Gasteiger partial charge on any atom is -0.494 e. The molecule has 0 unspecified atom stereocenters. The summed E-state index contributed by atoms with van der Waals surface area (Å²) in [5.41, 5.74) is 5.94. The number of H-pyrrole nitrogens is 1. The topological polar surface area (TPSA) is 98.2 Å². The molecule has 2 heterocycles. The van der Waals surface area contributed by atoms with Crippen LogP contribution in [0.25, 0.3) is 10.9 Å². The third-order valence-electron chi connectivity index (χ3n) is 7.67. The van der Waals surface area contributed by atoms with Gasteiger partial charge in [-0.3, -0.25) is 14.4 Å². The Bertz CT molecular complexity index is 1580. The van der Waals surface area contributed by atoms with E-state index in [4.69, 9.17) is 9.83 Å². The second kappa shape index (κ2) is 11.5. The Morgan fingerprint density at radius 3 is 2.45 bits per heavy atom. The standard InChI is InChI=1S/C32H34N4O4/c1-20-17-27-28(18-23(20)19-37)34-31(38)29(27)30(22-8-6-5-7-9-22)33-24-10-11-26(21(2)16-24)32(39)36(40-4)25-12-14-35(3)15-13-25/h5-11,16-19,25,34,38H,12-15H2,1-4H3. The number of carbonyl (C=O) groups excluding carboxylic acids is 2. The first-order chi connectivity index (χ1) is 19.3. The third-order valence-corrected chi connectivity index (χ3v) is 7.67. The average molecular weight is 539 g/mol. The largest absolute Gasteiger partial charge is 0.494 e. The van der Waals surface area contributed by atoms with Crippen molar-refractivity contribution in [1.29, 1.82) is 0 Å². The van der Waals surface area contributed by atoms with Gasteiger partial charge in [-0.1, -0.05) is 30.3 Å². The fraction of sp³-hybridized carbons (Fsp3) is 0.281. The molecular weight excluding hydrogens is 504 g/mol. The molecule has 8 nitrogen and oxygen atoms in total. The number of amides is 1. The molecule has 2 N–H and O–H groups in total. The number of hydroxylamine groups is 2. The van der Waals surface area contributed by atoms with Crippen molar-refractivity contribution in [2.24, 2.45) is 4.99 Å². The Labute approximate surface area is 233 Å². The molecule has 1 amide bonds. The number of aliphatic imine (C=N–C) groups is 1. The molecule has 40 heavy (non-hydrogen) atoms. The third kappa shape index (κ3) is 5.28. The summed E-state index contributed by atoms with van der Waals surface area (Å²) in [5, 5.41) is 13.3. The number of nitrogens with zero attached hydrogens (tertiary/aromatic N) is 3. The van der Waals surface area contributed by atoms with Crippen LogP contribution in [0.5, 0.6) is 5.88 Å². The van der Waals surface area contributed by atoms with Crippen molar-refractivity contribution in [2.45, 2.75) is 32.7 Å². The summed E-state index contributed by atoms with van der Waals surface area (Å²) in [5.74, 6) is -0.193. The predicted molar refractivity (Wildman–Crippen MR) is 157 cm³/mol. The lowest BCUT2D eigenvalue weighted by Crippen LogP contribution is -2.46. The molecule has 1 aliphatic heterocycles. The highest BCUT2D eigenvalue weighted by Gasteiger charge is 2.29. The first-order valence-electron chi connectivity index (χ1n) is 13.4. The van der Waals surface area contributed by atoms with Crippen molar-refractivity contribution in [3.63, 3.8) is 0 Å². The zero-order chi connectivity index (χ0) is 28.4. The normalized spacial score (nSPS) is 14.9. The van der Waals surface area contributed by atoms with Gasteiger partial charge in [-0.15, -0.1) is 0 Å². The lowest BCUT2D eigenvalue weighted by atomic mass is 9.98. The predicted octanol–water partition coefficient (Wildman–Crippen LogP) is 5.57. The molecule has 0 bridgehead atoms. The van der Waals surface area contributed by atoms with Gasteiger partial charge in [-0.25, -0.2) is 10.1 Å². The Hall–Kier alpha value is -4.27. The number of aromatic hydroxyl groups is 1. The molecule has 1 fully saturated rings. The zero-order valence-corrected chi connectivity index (χ0v) is 23.3. The van der Waals surface area contributed by atoms with Crippen LogP contribution in [0.15, 0.2) is 65.7 Å². The fourth-order valence-corrected chi connectivity index (χ4v) is 5.41. The summed E-state index contributed by atoms with van der Waals surface area (Å²) in [6.07, 6.45) is 2.53. The fourth-order valence-electron chi connectivity index (χ4n) is 5.41. The van der Waals surface area contributed by atoms with Crippen LogP contribution in [0.3, 0.4) is 0 Å². The van der Waals surface area contributed by atoms with E-state index < -0.39 is 0 Å². The lowest BCUT2D eigenvalue weighted by Gasteiger charge is -2.35. The van der Waals surface area contributed by atoms with Crippen molar-refractivity contribution in [1.82, 2.24) is 14.9 Å². The van der Waals surface area contributed by atoms with Crippen molar-refractivity contribution >= 4 is 34.5 Å². The van der Waals surface area contributed by atoms with Crippen molar-refractivity contribution < 1.29 is 19.5 Å². The maximum atomic E-state index is 13.5. The van der Waals surface area contributed by atoms with E-state index in [2.05, 4.69) is 16.9 Å². The van der Waals surface area contributed by atoms with E-state index >= 15 is 0 Å². The van der Waals surface area contributed by atoms with Crippen LogP contribution in [0, 0.1) is 13.8 Å². The van der Waals surface area contributed by atoms with Gasteiger partial charge in [0.15, 0.2) is 5.88 Å². The summed E-state index contributed by atoms with van der Waals surface area (Å²) in [4.78, 5) is 40.8. The Balaban J connectivity index is 1.55. The second-order valence-corrected chi connectivity index (χ2v) is 10.4. The molecule has 1 saturated heterocycles. The van der Waals surface area contributed by atoms with E-state index in [1.165, 1.54) is 5.06 Å². The summed E-state index contributed by atoms with van der Waals surface area (Å²) in [7, 11) is 3.63. The zero-order valence-electron chi connectivity index (χ0n) is 23.3. The maximum absolute atomic E-state index is 13.5. The molecular formula is C32H34N4O4. The summed E-state index contributed by atoms with van der Waals surface area (Å²) in [6, 6.07) is 18.8. The number of piperidine rings is 1. The maximum Gasteiger partial charge on any atom is 0.277 e. The monoisotopic (exact) mass is 538 g/mol. The molecule has 0 aliphatic carbocycles. The number of aromatic nitrogens is 1. The summed E-state index contributed by atoms with van der Waals surface area (Å²) < 4.78 is 0. The minimum absolute atomic E-state index is 0.0302. The van der Waals surface area contributed by atoms with Crippen LogP contribution in [0.4, 0.5) is 5.69 Å². The van der Waals surface area contributed by atoms with Gasteiger partial charge in [0.1, 0.15) is 6.29 Å². The van der Waals surface area contributed by atoms with Crippen molar-refractivity contribution in [3.8, 4) is 5.88 Å². The number of aldehydes is 1. The van der Waals surface area contributed by atoms with E-state index in [0.717, 1.165) is 54.3 Å². The van der Waals surface area contributed by atoms with Crippen LogP contribution in [-0.2, 0) is 4.84 Å². The summed E-state index contributed by atoms with van der Waals surface area (Å²) >= 11 is 0. The van der Waals surface area contributed by atoms with Crippen molar-refractivity contribution in [3.05, 3.63) is 94.0 Å². The smallest absolute Gasteiger partial charge is 0.277 e. The van der Waals surface area contributed by atoms with Gasteiger partial charge in [0.25, 0.3) is 5.91 Å². The number of nitrogens with one attached hydrogen (secondary N) is 1. The van der Waals surface area contributed by atoms with E-state index in [0.29, 0.717) is 33.6 Å². The highest BCUT2D eigenvalue weighted by Crippen LogP contribution is 2.33. The first kappa shape index (κ1) is 27.3. The number of likely N-dealkylation sites (tertiary alicyclic amines) is 1. The second-order valence-electron chi connectivity index (χ2n) is 10.4. The first-order valence-corrected chi connectivity index (χ1v) is 13.4. The molecule has 0 spiro atoms. The number of hydrogen-bond donors (Lipinski definition) is 2. The van der Waals surface area contributed by atoms with Gasteiger partial charge in [0.05, 0.1) is 30.1 Å². The van der Waals surface area contributed by atoms with Crippen LogP contribution < -0.4 is 0 Å². The SMILES string of the molecule is CON(C(=O)c1ccc(N=C(c2ccccc2)c2c(O)[nH]c3cc(C=O)c(C)cc23)cc1C)C1CCN(C)CC1. The molecule has 8 heteroatoms. The quantitative estimate of drug-likeness (QED) is 0.182. The van der Waals surface area contributed by atoms with Gasteiger partial charge < -0.3 is 15.0 Å². The Kier molecular flexibility index (Phi) is 7.82. The van der Waals surface area contributed by atoms with E-state index in [9.17, 15) is 14.7 Å². The van der Waals surface area contributed by atoms with E-state index in [1.54, 1.807) is 19.2 Å². The van der Waals surface area contributed by atoms with Crippen LogP contribution in [0.1, 0.15) is 55.8 Å². The summed E-state index contributed by atoms with van der Waals surface area (Å²) in [6.45, 7) is 5.60. The highest BCUT2D eigenvalue weighted by atomic mass is 16.7. The van der Waals surface area contributed by atoms with Gasteiger partial charge in [-0.2, -0.15) is 0 Å². The highest BCUT2D eigenvalue weighted by molar-refractivity contribution is 6.22. The van der Waals surface area contributed by atoms with Crippen molar-refractivity contribution in [2.75, 3.05) is 27.2 Å². The molecule has 1 aliphatic rings. The molecule has 0 saturated carbocycles. The lowest BCUT2D eigenvalue weighted by molar-refractivity contribution is -0.132. The van der Waals surface area contributed by atoms with Crippen LogP contribution >= 0.6 is 0 Å². The molecule has 4 aromatic rings. The van der Waals surface area contributed by atoms with Crippen LogP contribution in [-0.4, -0.2) is 71.2 Å². The number of rotatable bonds is 7. The molecule has 0 atom stereocenters. The number of fused-ring (bicyclic) bond motifs is 1. The Morgan fingerprint density at radius 1 is 1.07 bits per heavy atom. The molecule has 5 rings (SSSR count). The molecule has 206 valence electrons. The number of benzene rings is 3. The molecule has 0 radical (unpaired) electrons. The van der Waals surface area contributed by atoms with Crippen LogP contribution in [0.2, 0.25) is 0 Å². The van der Waals surface area contributed by atoms with Gasteiger partial charge in [0.2, 0.25) is 0 Å². The van der Waals surface area contributed by atoms with E-state index in [-0.39, 0.29) is 17.8 Å². The number of aromatic amines is 1. The van der Waals surface area contributed by atoms with Gasteiger partial charge in [0, 0.05) is 27.6 Å². The Morgan fingerprint density at radius 2 is 1.80 bits per heavy atom. The van der Waals surface area contributed by atoms with Gasteiger partial charge >= 0.3 is 0 Å². The number of aryl methyl sites for hydroxylation is 2. The van der Waals surface area contributed by atoms with Gasteiger partial charge in [-0.05, 0) is 88.3 Å². The molecule has 1 aromatic heterocycles. The molecule has 3 aromatic carbocycles. The minimum atomic E-state index is -0.163. The van der Waals surface area contributed by atoms with E-state index in [1.807, 2.05) is 62.4 Å².